The lowest BCUT2D eigenvalue weighted by Crippen LogP contribution is -2.34. The summed E-state index contributed by atoms with van der Waals surface area (Å²) in [6.07, 6.45) is 0. The van der Waals surface area contributed by atoms with Crippen LogP contribution in [0.4, 0.5) is 0 Å². The van der Waals surface area contributed by atoms with E-state index in [4.69, 9.17) is 9.47 Å². The first kappa shape index (κ1) is 14.1. The number of nitrogens with one attached hydrogen (secondary N) is 1. The number of benzene rings is 1. The zero-order valence-corrected chi connectivity index (χ0v) is 12.5. The monoisotopic (exact) mass is 329 g/mol. The van der Waals surface area contributed by atoms with Crippen molar-refractivity contribution in [2.45, 2.75) is 19.5 Å². The third-order valence-electron chi connectivity index (χ3n) is 2.82. The van der Waals surface area contributed by atoms with Crippen molar-refractivity contribution >= 4 is 21.9 Å². The number of hydrogen-bond donors (Lipinski definition) is 1. The number of fused-ring (bicyclic) bond motifs is 1. The molecule has 104 valence electrons. The molecule has 1 atom stereocenters. The number of hydrogen-bond acceptors (Lipinski definition) is 5. The standard InChI is InChI=1S/C13H16BrNO4/c1-8(13(16)17-2)15-7-9-5-10(14)12-11(6-9)18-3-4-19-12/h5-6,8,15H,3-4,7H2,1-2H3/t8-/m0/s1. The van der Waals surface area contributed by atoms with Crippen molar-refractivity contribution in [1.29, 1.82) is 0 Å². The predicted molar refractivity (Wildman–Crippen MR) is 73.4 cm³/mol. The molecule has 1 N–H and O–H groups in total. The topological polar surface area (TPSA) is 56.8 Å². The highest BCUT2D eigenvalue weighted by molar-refractivity contribution is 9.10. The normalized spacial score (nSPS) is 14.9. The molecule has 1 aliphatic heterocycles. The van der Waals surface area contributed by atoms with E-state index < -0.39 is 0 Å². The molecule has 1 aromatic carbocycles. The van der Waals surface area contributed by atoms with Gasteiger partial charge in [-0.15, -0.1) is 0 Å². The second kappa shape index (κ2) is 6.25. The number of halogens is 1. The quantitative estimate of drug-likeness (QED) is 0.854. The maximum Gasteiger partial charge on any atom is 0.322 e. The summed E-state index contributed by atoms with van der Waals surface area (Å²) in [4.78, 5) is 11.3. The highest BCUT2D eigenvalue weighted by atomic mass is 79.9. The fourth-order valence-electron chi connectivity index (χ4n) is 1.80. The van der Waals surface area contributed by atoms with Crippen LogP contribution >= 0.6 is 15.9 Å². The molecule has 0 amide bonds. The molecule has 0 spiro atoms. The molecular formula is C13H16BrNO4. The van der Waals surface area contributed by atoms with E-state index >= 15 is 0 Å². The first-order valence-electron chi connectivity index (χ1n) is 6.01. The second-order valence-electron chi connectivity index (χ2n) is 4.23. The summed E-state index contributed by atoms with van der Waals surface area (Å²) < 4.78 is 16.6. The minimum absolute atomic E-state index is 0.281. The van der Waals surface area contributed by atoms with Crippen molar-refractivity contribution in [2.75, 3.05) is 20.3 Å². The molecule has 0 bridgehead atoms. The summed E-state index contributed by atoms with van der Waals surface area (Å²) in [7, 11) is 1.38. The largest absolute Gasteiger partial charge is 0.486 e. The molecule has 1 aromatic rings. The maximum atomic E-state index is 11.3. The molecule has 0 aliphatic carbocycles. The lowest BCUT2D eigenvalue weighted by Gasteiger charge is -2.21. The number of carbonyl (C=O) groups is 1. The van der Waals surface area contributed by atoms with Gasteiger partial charge in [-0.1, -0.05) is 0 Å². The smallest absolute Gasteiger partial charge is 0.322 e. The molecule has 19 heavy (non-hydrogen) atoms. The van der Waals surface area contributed by atoms with E-state index in [-0.39, 0.29) is 12.0 Å². The molecule has 0 aromatic heterocycles. The van der Waals surface area contributed by atoms with Crippen LogP contribution in [0.25, 0.3) is 0 Å². The minimum Gasteiger partial charge on any atom is -0.486 e. The average molecular weight is 330 g/mol. The van der Waals surface area contributed by atoms with Gasteiger partial charge < -0.3 is 19.5 Å². The van der Waals surface area contributed by atoms with Gasteiger partial charge >= 0.3 is 5.97 Å². The first-order chi connectivity index (χ1) is 9.11. The van der Waals surface area contributed by atoms with Gasteiger partial charge in [0.15, 0.2) is 11.5 Å². The van der Waals surface area contributed by atoms with E-state index in [0.29, 0.717) is 19.8 Å². The van der Waals surface area contributed by atoms with Crippen LogP contribution in [-0.4, -0.2) is 32.3 Å². The molecular weight excluding hydrogens is 314 g/mol. The van der Waals surface area contributed by atoms with Gasteiger partial charge in [-0.05, 0) is 40.5 Å². The summed E-state index contributed by atoms with van der Waals surface area (Å²) >= 11 is 3.46. The van der Waals surface area contributed by atoms with Gasteiger partial charge in [0.25, 0.3) is 0 Å². The summed E-state index contributed by atoms with van der Waals surface area (Å²) in [6.45, 7) is 3.42. The molecule has 2 rings (SSSR count). The molecule has 0 saturated carbocycles. The lowest BCUT2D eigenvalue weighted by atomic mass is 10.2. The average Bonchev–Trinajstić information content (AvgIpc) is 2.44. The molecule has 0 unspecified atom stereocenters. The summed E-state index contributed by atoms with van der Waals surface area (Å²) in [5, 5.41) is 3.09. The molecule has 6 heteroatoms. The Bertz CT molecular complexity index is 478. The van der Waals surface area contributed by atoms with E-state index in [1.807, 2.05) is 12.1 Å². The molecule has 1 heterocycles. The van der Waals surface area contributed by atoms with E-state index in [9.17, 15) is 4.79 Å². The van der Waals surface area contributed by atoms with Gasteiger partial charge in [0.1, 0.15) is 19.3 Å². The van der Waals surface area contributed by atoms with Crippen molar-refractivity contribution in [3.63, 3.8) is 0 Å². The first-order valence-corrected chi connectivity index (χ1v) is 6.80. The Hall–Kier alpha value is -1.27. The molecule has 0 radical (unpaired) electrons. The van der Waals surface area contributed by atoms with Gasteiger partial charge in [0.2, 0.25) is 0 Å². The van der Waals surface area contributed by atoms with E-state index in [1.54, 1.807) is 6.92 Å². The van der Waals surface area contributed by atoms with Gasteiger partial charge in [-0.3, -0.25) is 4.79 Å². The van der Waals surface area contributed by atoms with Crippen LogP contribution in [0.3, 0.4) is 0 Å². The van der Waals surface area contributed by atoms with Crippen LogP contribution in [-0.2, 0) is 16.1 Å². The number of ether oxygens (including phenoxy) is 3. The Balaban J connectivity index is 2.05. The Morgan fingerprint density at radius 3 is 2.95 bits per heavy atom. The summed E-state index contributed by atoms with van der Waals surface area (Å²) in [5.74, 6) is 1.18. The van der Waals surface area contributed by atoms with E-state index in [0.717, 1.165) is 21.5 Å². The fourth-order valence-corrected chi connectivity index (χ4v) is 2.40. The fraction of sp³-hybridized carbons (Fsp3) is 0.462. The van der Waals surface area contributed by atoms with Crippen LogP contribution in [0.2, 0.25) is 0 Å². The Morgan fingerprint density at radius 2 is 2.21 bits per heavy atom. The molecule has 1 aliphatic rings. The van der Waals surface area contributed by atoms with Crippen molar-refractivity contribution in [3.8, 4) is 11.5 Å². The van der Waals surface area contributed by atoms with Crippen LogP contribution in [0, 0.1) is 0 Å². The maximum absolute atomic E-state index is 11.3. The zero-order valence-electron chi connectivity index (χ0n) is 10.9. The van der Waals surface area contributed by atoms with E-state index in [2.05, 4.69) is 26.0 Å². The zero-order chi connectivity index (χ0) is 13.8. The lowest BCUT2D eigenvalue weighted by molar-refractivity contribution is -0.142. The number of rotatable bonds is 4. The van der Waals surface area contributed by atoms with Crippen molar-refractivity contribution in [1.82, 2.24) is 5.32 Å². The number of carbonyl (C=O) groups excluding carboxylic acids is 1. The highest BCUT2D eigenvalue weighted by Crippen LogP contribution is 2.38. The summed E-state index contributed by atoms with van der Waals surface area (Å²) in [6, 6.07) is 3.51. The van der Waals surface area contributed by atoms with Crippen LogP contribution < -0.4 is 14.8 Å². The molecule has 5 nitrogen and oxygen atoms in total. The van der Waals surface area contributed by atoms with E-state index in [1.165, 1.54) is 7.11 Å². The summed E-state index contributed by atoms with van der Waals surface area (Å²) in [5.41, 5.74) is 1.01. The Labute approximate surface area is 120 Å². The third-order valence-corrected chi connectivity index (χ3v) is 3.41. The number of esters is 1. The van der Waals surface area contributed by atoms with Crippen molar-refractivity contribution in [2.24, 2.45) is 0 Å². The number of methoxy groups -OCH3 is 1. The molecule has 0 saturated heterocycles. The minimum atomic E-state index is -0.350. The van der Waals surface area contributed by atoms with Crippen molar-refractivity contribution in [3.05, 3.63) is 22.2 Å². The van der Waals surface area contributed by atoms with Gasteiger partial charge in [0.05, 0.1) is 11.6 Å². The SMILES string of the molecule is COC(=O)[C@H](C)NCc1cc(Br)c2c(c1)OCCO2. The van der Waals surface area contributed by atoms with Crippen LogP contribution in [0.5, 0.6) is 11.5 Å². The molecule has 0 fully saturated rings. The Kier molecular flexibility index (Phi) is 4.66. The van der Waals surface area contributed by atoms with Crippen LogP contribution in [0.1, 0.15) is 12.5 Å². The van der Waals surface area contributed by atoms with Crippen LogP contribution in [0.15, 0.2) is 16.6 Å². The van der Waals surface area contributed by atoms with Crippen molar-refractivity contribution < 1.29 is 19.0 Å². The van der Waals surface area contributed by atoms with Gasteiger partial charge in [-0.25, -0.2) is 0 Å². The van der Waals surface area contributed by atoms with Gasteiger partial charge in [-0.2, -0.15) is 0 Å². The predicted octanol–water partition coefficient (Wildman–Crippen LogP) is 1.87. The Morgan fingerprint density at radius 1 is 1.47 bits per heavy atom. The third kappa shape index (κ3) is 3.39. The second-order valence-corrected chi connectivity index (χ2v) is 5.08. The highest BCUT2D eigenvalue weighted by Gasteiger charge is 2.17. The van der Waals surface area contributed by atoms with Gasteiger partial charge in [0, 0.05) is 6.54 Å².